The highest BCUT2D eigenvalue weighted by Gasteiger charge is 2.22. The van der Waals surface area contributed by atoms with Crippen molar-refractivity contribution >= 4 is 40.6 Å². The normalized spacial score (nSPS) is 14.2. The van der Waals surface area contributed by atoms with Gasteiger partial charge in [-0.15, -0.1) is 23.1 Å². The van der Waals surface area contributed by atoms with Gasteiger partial charge >= 0.3 is 0 Å². The molecule has 1 aliphatic rings. The van der Waals surface area contributed by atoms with Crippen LogP contribution >= 0.6 is 34.7 Å². The third kappa shape index (κ3) is 2.98. The first kappa shape index (κ1) is 14.9. The molecular weight excluding hydrogens is 322 g/mol. The minimum atomic E-state index is 0.0317. The van der Waals surface area contributed by atoms with Crippen molar-refractivity contribution in [1.29, 1.82) is 0 Å². The number of carbonyl (C=O) groups is 1. The van der Waals surface area contributed by atoms with Gasteiger partial charge in [0, 0.05) is 32.2 Å². The Labute approximate surface area is 137 Å². The van der Waals surface area contributed by atoms with Gasteiger partial charge in [-0.25, -0.2) is 0 Å². The zero-order valence-electron chi connectivity index (χ0n) is 11.9. The number of halogens is 1. The molecule has 3 rings (SSSR count). The second kappa shape index (κ2) is 6.03. The van der Waals surface area contributed by atoms with Gasteiger partial charge < -0.3 is 5.32 Å². The van der Waals surface area contributed by atoms with E-state index in [1.807, 2.05) is 25.1 Å². The number of nitrogens with one attached hydrogen (secondary N) is 1. The lowest BCUT2D eigenvalue weighted by atomic mass is 10.1. The van der Waals surface area contributed by atoms with E-state index in [2.05, 4.69) is 18.3 Å². The van der Waals surface area contributed by atoms with E-state index in [1.54, 1.807) is 23.1 Å². The van der Waals surface area contributed by atoms with Crippen molar-refractivity contribution in [3.05, 3.63) is 39.7 Å². The molecule has 0 aliphatic carbocycles. The lowest BCUT2D eigenvalue weighted by Crippen LogP contribution is -2.31. The lowest BCUT2D eigenvalue weighted by molar-refractivity contribution is 0.0943. The van der Waals surface area contributed by atoms with E-state index in [4.69, 9.17) is 11.6 Å². The number of rotatable bonds is 3. The third-order valence-corrected chi connectivity index (χ3v) is 6.14. The summed E-state index contributed by atoms with van der Waals surface area (Å²) in [6.45, 7) is 4.10. The van der Waals surface area contributed by atoms with Crippen LogP contribution < -0.4 is 5.32 Å². The summed E-state index contributed by atoms with van der Waals surface area (Å²) in [5.41, 5.74) is 2.44. The molecule has 1 aromatic carbocycles. The second-order valence-electron chi connectivity index (χ2n) is 5.18. The third-order valence-electron chi connectivity index (χ3n) is 3.59. The fourth-order valence-corrected chi connectivity index (χ4v) is 4.82. The topological polar surface area (TPSA) is 29.1 Å². The predicted molar refractivity (Wildman–Crippen MR) is 91.5 cm³/mol. The Hall–Kier alpha value is -0.970. The lowest BCUT2D eigenvalue weighted by Gasteiger charge is -2.15. The number of thiophene rings is 1. The number of benzene rings is 1. The monoisotopic (exact) mass is 337 g/mol. The van der Waals surface area contributed by atoms with Crippen LogP contribution in [0.5, 0.6) is 0 Å². The van der Waals surface area contributed by atoms with Crippen molar-refractivity contribution in [2.75, 3.05) is 0 Å². The fourth-order valence-electron chi connectivity index (χ4n) is 2.23. The SMILES string of the molecule is CC[C@@H](C)NC(=O)c1cc2c(s1)-c1ccc(Cl)cc1SC2. The summed E-state index contributed by atoms with van der Waals surface area (Å²) in [7, 11) is 0. The largest absolute Gasteiger partial charge is 0.349 e. The van der Waals surface area contributed by atoms with Gasteiger partial charge in [-0.2, -0.15) is 0 Å². The van der Waals surface area contributed by atoms with E-state index in [0.29, 0.717) is 0 Å². The van der Waals surface area contributed by atoms with Crippen molar-refractivity contribution in [3.63, 3.8) is 0 Å². The van der Waals surface area contributed by atoms with Gasteiger partial charge in [0.15, 0.2) is 0 Å². The Balaban J connectivity index is 1.93. The van der Waals surface area contributed by atoms with Gasteiger partial charge in [0.1, 0.15) is 0 Å². The van der Waals surface area contributed by atoms with Crippen LogP contribution in [-0.4, -0.2) is 11.9 Å². The summed E-state index contributed by atoms with van der Waals surface area (Å²) in [4.78, 5) is 15.5. The highest BCUT2D eigenvalue weighted by Crippen LogP contribution is 2.46. The molecule has 1 atom stereocenters. The molecule has 2 heterocycles. The van der Waals surface area contributed by atoms with E-state index in [9.17, 15) is 4.79 Å². The summed E-state index contributed by atoms with van der Waals surface area (Å²) < 4.78 is 0. The van der Waals surface area contributed by atoms with Crippen LogP contribution in [0.4, 0.5) is 0 Å². The summed E-state index contributed by atoms with van der Waals surface area (Å²) >= 11 is 9.41. The number of hydrogen-bond acceptors (Lipinski definition) is 3. The van der Waals surface area contributed by atoms with Crippen LogP contribution in [-0.2, 0) is 5.75 Å². The molecule has 0 saturated carbocycles. The first-order valence-electron chi connectivity index (χ1n) is 6.94. The van der Waals surface area contributed by atoms with Gasteiger partial charge in [-0.3, -0.25) is 4.79 Å². The van der Waals surface area contributed by atoms with E-state index in [1.165, 1.54) is 20.9 Å². The van der Waals surface area contributed by atoms with Crippen molar-refractivity contribution in [2.24, 2.45) is 0 Å². The molecule has 21 heavy (non-hydrogen) atoms. The zero-order valence-corrected chi connectivity index (χ0v) is 14.3. The molecule has 0 fully saturated rings. The number of hydrogen-bond donors (Lipinski definition) is 1. The fraction of sp³-hybridized carbons (Fsp3) is 0.312. The van der Waals surface area contributed by atoms with Crippen molar-refractivity contribution in [3.8, 4) is 10.4 Å². The molecule has 0 unspecified atom stereocenters. The van der Waals surface area contributed by atoms with Crippen LogP contribution in [0.1, 0.15) is 35.5 Å². The maximum Gasteiger partial charge on any atom is 0.261 e. The van der Waals surface area contributed by atoms with E-state index >= 15 is 0 Å². The van der Waals surface area contributed by atoms with Gasteiger partial charge in [0.25, 0.3) is 5.91 Å². The average Bonchev–Trinajstić information content (AvgIpc) is 2.91. The van der Waals surface area contributed by atoms with Crippen LogP contribution in [0.15, 0.2) is 29.2 Å². The maximum absolute atomic E-state index is 12.3. The van der Waals surface area contributed by atoms with Gasteiger partial charge in [-0.1, -0.05) is 24.6 Å². The van der Waals surface area contributed by atoms with Gasteiger partial charge in [0.05, 0.1) is 4.88 Å². The van der Waals surface area contributed by atoms with Gasteiger partial charge in [0.2, 0.25) is 0 Å². The molecule has 2 aromatic rings. The molecule has 1 amide bonds. The summed E-state index contributed by atoms with van der Waals surface area (Å²) in [6, 6.07) is 8.20. The second-order valence-corrected chi connectivity index (χ2v) is 7.68. The Morgan fingerprint density at radius 3 is 3.00 bits per heavy atom. The summed E-state index contributed by atoms with van der Waals surface area (Å²) in [5.74, 6) is 0.930. The van der Waals surface area contributed by atoms with E-state index in [0.717, 1.165) is 22.1 Å². The first-order valence-corrected chi connectivity index (χ1v) is 9.12. The molecule has 0 radical (unpaired) electrons. The Morgan fingerprint density at radius 2 is 2.24 bits per heavy atom. The smallest absolute Gasteiger partial charge is 0.261 e. The molecule has 1 aliphatic heterocycles. The molecule has 0 bridgehead atoms. The molecule has 110 valence electrons. The van der Waals surface area contributed by atoms with Crippen molar-refractivity contribution in [2.45, 2.75) is 37.0 Å². The van der Waals surface area contributed by atoms with Crippen molar-refractivity contribution in [1.82, 2.24) is 5.32 Å². The molecule has 1 aromatic heterocycles. The minimum Gasteiger partial charge on any atom is -0.349 e. The van der Waals surface area contributed by atoms with Crippen LogP contribution in [0, 0.1) is 0 Å². The minimum absolute atomic E-state index is 0.0317. The number of thioether (sulfide) groups is 1. The van der Waals surface area contributed by atoms with Crippen LogP contribution in [0.2, 0.25) is 5.02 Å². The molecule has 5 heteroatoms. The summed E-state index contributed by atoms with van der Waals surface area (Å²) in [5, 5.41) is 3.79. The molecular formula is C16H16ClNOS2. The first-order chi connectivity index (χ1) is 10.1. The summed E-state index contributed by atoms with van der Waals surface area (Å²) in [6.07, 6.45) is 0.939. The highest BCUT2D eigenvalue weighted by atomic mass is 35.5. The maximum atomic E-state index is 12.3. The number of amides is 1. The Bertz CT molecular complexity index is 696. The Kier molecular flexibility index (Phi) is 4.29. The van der Waals surface area contributed by atoms with Crippen molar-refractivity contribution < 1.29 is 4.79 Å². The highest BCUT2D eigenvalue weighted by molar-refractivity contribution is 7.98. The average molecular weight is 338 g/mol. The standard InChI is InChI=1S/C16H16ClNOS2/c1-3-9(2)18-16(19)14-6-10-8-20-13-7-11(17)4-5-12(13)15(10)21-14/h4-7,9H,3,8H2,1-2H3,(H,18,19)/t9-/m1/s1. The quantitative estimate of drug-likeness (QED) is 0.833. The molecule has 2 nitrogen and oxygen atoms in total. The van der Waals surface area contributed by atoms with E-state index < -0.39 is 0 Å². The van der Waals surface area contributed by atoms with E-state index in [-0.39, 0.29) is 11.9 Å². The van der Waals surface area contributed by atoms with Crippen LogP contribution in [0.3, 0.4) is 0 Å². The Morgan fingerprint density at radius 1 is 1.43 bits per heavy atom. The number of fused-ring (bicyclic) bond motifs is 3. The number of carbonyl (C=O) groups excluding carboxylic acids is 1. The molecule has 1 N–H and O–H groups in total. The zero-order chi connectivity index (χ0) is 15.0. The molecule has 0 saturated heterocycles. The van der Waals surface area contributed by atoms with Crippen LogP contribution in [0.25, 0.3) is 10.4 Å². The predicted octanol–water partition coefficient (Wildman–Crippen LogP) is 5.20. The molecule has 0 spiro atoms. The van der Waals surface area contributed by atoms with Gasteiger partial charge in [-0.05, 0) is 37.1 Å².